The summed E-state index contributed by atoms with van der Waals surface area (Å²) in [6.07, 6.45) is 4.30. The monoisotopic (exact) mass is 613 g/mol. The van der Waals surface area contributed by atoms with Gasteiger partial charge in [-0.15, -0.1) is 0 Å². The highest BCUT2D eigenvalue weighted by Gasteiger charge is 2.32. The van der Waals surface area contributed by atoms with Crippen molar-refractivity contribution in [3.8, 4) is 5.75 Å². The standard InChI is InChI=1S/C36H47N5O4/c1-24-20-27(21-25(2)34(24)42)22-33(36(44)41-16-14-40(15-17-41)30-10-18-45-19-11-30)37-26(3)39-12-8-28(9-13-39)31-23-29-6-4-5-7-32(29)38-35(31)43/h4-7,20-21,23,28,30,33,37,42H,3,8-19,22H2,1-2H3,(H,38,43)/t33-/m1/s1. The Morgan fingerprint density at radius 2 is 1.64 bits per heavy atom. The van der Waals surface area contributed by atoms with Crippen LogP contribution in [0.3, 0.4) is 0 Å². The van der Waals surface area contributed by atoms with Crippen molar-refractivity contribution in [2.24, 2.45) is 0 Å². The van der Waals surface area contributed by atoms with Gasteiger partial charge in [-0.3, -0.25) is 14.5 Å². The molecule has 0 radical (unpaired) electrons. The number of hydrogen-bond acceptors (Lipinski definition) is 7. The van der Waals surface area contributed by atoms with Gasteiger partial charge in [0.25, 0.3) is 5.56 Å². The van der Waals surface area contributed by atoms with Gasteiger partial charge in [0.1, 0.15) is 11.8 Å². The van der Waals surface area contributed by atoms with Crippen LogP contribution >= 0.6 is 0 Å². The minimum absolute atomic E-state index is 0.00818. The van der Waals surface area contributed by atoms with Gasteiger partial charge in [0, 0.05) is 76.0 Å². The maximum atomic E-state index is 14.1. The predicted molar refractivity (Wildman–Crippen MR) is 177 cm³/mol. The SMILES string of the molecule is C=C(N[C@H](Cc1cc(C)c(O)c(C)c1)C(=O)N1CCN(C2CCOCC2)CC1)N1CCC(c2cc3ccccc3[nH]c2=O)CC1. The van der Waals surface area contributed by atoms with Crippen LogP contribution in [0.5, 0.6) is 5.75 Å². The van der Waals surface area contributed by atoms with Gasteiger partial charge in [-0.25, -0.2) is 0 Å². The number of likely N-dealkylation sites (tertiary alicyclic amines) is 1. The number of phenols is 1. The van der Waals surface area contributed by atoms with Crippen molar-refractivity contribution in [2.75, 3.05) is 52.5 Å². The van der Waals surface area contributed by atoms with Crippen LogP contribution in [0.25, 0.3) is 10.9 Å². The Kier molecular flexibility index (Phi) is 9.47. The fourth-order valence-corrected chi connectivity index (χ4v) is 7.40. The lowest BCUT2D eigenvalue weighted by Gasteiger charge is -2.42. The van der Waals surface area contributed by atoms with Crippen molar-refractivity contribution in [1.82, 2.24) is 25.0 Å². The number of H-pyrrole nitrogens is 1. The predicted octanol–water partition coefficient (Wildman–Crippen LogP) is 4.03. The van der Waals surface area contributed by atoms with E-state index in [0.717, 1.165) is 104 Å². The van der Waals surface area contributed by atoms with Crippen molar-refractivity contribution in [3.63, 3.8) is 0 Å². The van der Waals surface area contributed by atoms with E-state index in [0.29, 0.717) is 31.3 Å². The molecule has 3 fully saturated rings. The molecule has 4 heterocycles. The molecule has 1 aromatic heterocycles. The number of aromatic amines is 1. The minimum atomic E-state index is -0.475. The first-order valence-electron chi connectivity index (χ1n) is 16.5. The topological polar surface area (TPSA) is 101 Å². The van der Waals surface area contributed by atoms with Gasteiger partial charge in [-0.2, -0.15) is 0 Å². The second-order valence-electron chi connectivity index (χ2n) is 13.0. The average Bonchev–Trinajstić information content (AvgIpc) is 3.06. The van der Waals surface area contributed by atoms with Crippen LogP contribution in [0.2, 0.25) is 0 Å². The van der Waals surface area contributed by atoms with E-state index in [1.54, 1.807) is 0 Å². The van der Waals surface area contributed by atoms with Gasteiger partial charge in [0.15, 0.2) is 0 Å². The van der Waals surface area contributed by atoms with Crippen molar-refractivity contribution >= 4 is 16.8 Å². The summed E-state index contributed by atoms with van der Waals surface area (Å²) < 4.78 is 5.56. The number of phenolic OH excluding ortho intramolecular Hbond substituents is 1. The van der Waals surface area contributed by atoms with E-state index in [2.05, 4.69) is 26.7 Å². The molecule has 0 aliphatic carbocycles. The Morgan fingerprint density at radius 1 is 0.978 bits per heavy atom. The number of ether oxygens (including phenoxy) is 1. The number of nitrogens with one attached hydrogen (secondary N) is 2. The highest BCUT2D eigenvalue weighted by atomic mass is 16.5. The summed E-state index contributed by atoms with van der Waals surface area (Å²) in [6, 6.07) is 14.0. The second-order valence-corrected chi connectivity index (χ2v) is 13.0. The maximum absolute atomic E-state index is 14.1. The fourth-order valence-electron chi connectivity index (χ4n) is 7.40. The number of aromatic nitrogens is 1. The highest BCUT2D eigenvalue weighted by molar-refractivity contribution is 5.82. The number of pyridine rings is 1. The normalized spacial score (nSPS) is 19.5. The number of piperazine rings is 1. The number of aromatic hydroxyl groups is 1. The van der Waals surface area contributed by atoms with Gasteiger partial charge in [0.2, 0.25) is 5.91 Å². The lowest BCUT2D eigenvalue weighted by molar-refractivity contribution is -0.135. The van der Waals surface area contributed by atoms with Crippen molar-refractivity contribution in [2.45, 2.75) is 64.0 Å². The Balaban J connectivity index is 1.12. The van der Waals surface area contributed by atoms with E-state index in [1.165, 1.54) is 0 Å². The molecule has 3 N–H and O–H groups in total. The minimum Gasteiger partial charge on any atom is -0.507 e. The van der Waals surface area contributed by atoms with E-state index in [1.807, 2.05) is 61.2 Å². The number of aryl methyl sites for hydroxylation is 2. The number of rotatable bonds is 8. The number of amides is 1. The Hall–Kier alpha value is -3.82. The van der Waals surface area contributed by atoms with Gasteiger partial charge in [-0.1, -0.05) is 36.9 Å². The number of para-hydroxylation sites is 1. The van der Waals surface area contributed by atoms with E-state index in [9.17, 15) is 14.7 Å². The fraction of sp³-hybridized carbons (Fsp3) is 0.500. The largest absolute Gasteiger partial charge is 0.507 e. The van der Waals surface area contributed by atoms with Crippen LogP contribution in [0.1, 0.15) is 53.9 Å². The third-order valence-electron chi connectivity index (χ3n) is 10.1. The summed E-state index contributed by atoms with van der Waals surface area (Å²) in [7, 11) is 0. The number of benzene rings is 2. The van der Waals surface area contributed by atoms with Crippen LogP contribution in [0.15, 0.2) is 59.7 Å². The average molecular weight is 614 g/mol. The molecule has 9 nitrogen and oxygen atoms in total. The summed E-state index contributed by atoms with van der Waals surface area (Å²) in [5.74, 6) is 1.31. The zero-order chi connectivity index (χ0) is 31.5. The van der Waals surface area contributed by atoms with Crippen LogP contribution in [-0.4, -0.2) is 95.3 Å². The first-order valence-corrected chi connectivity index (χ1v) is 16.5. The Morgan fingerprint density at radius 3 is 2.33 bits per heavy atom. The third-order valence-corrected chi connectivity index (χ3v) is 10.1. The molecule has 0 unspecified atom stereocenters. The molecule has 3 aromatic rings. The molecule has 9 heteroatoms. The van der Waals surface area contributed by atoms with Gasteiger partial charge < -0.3 is 29.9 Å². The molecule has 2 aromatic carbocycles. The molecule has 0 spiro atoms. The number of piperidine rings is 1. The highest BCUT2D eigenvalue weighted by Crippen LogP contribution is 2.29. The molecule has 45 heavy (non-hydrogen) atoms. The van der Waals surface area contributed by atoms with Crippen molar-refractivity contribution in [1.29, 1.82) is 0 Å². The molecule has 3 saturated heterocycles. The van der Waals surface area contributed by atoms with E-state index < -0.39 is 6.04 Å². The zero-order valence-corrected chi connectivity index (χ0v) is 26.7. The van der Waals surface area contributed by atoms with E-state index in [-0.39, 0.29) is 17.4 Å². The van der Waals surface area contributed by atoms with Crippen LogP contribution in [0.4, 0.5) is 0 Å². The molecule has 3 aliphatic rings. The summed E-state index contributed by atoms with van der Waals surface area (Å²) in [4.78, 5) is 36.8. The van der Waals surface area contributed by atoms with Crippen LogP contribution < -0.4 is 10.9 Å². The first-order chi connectivity index (χ1) is 21.8. The first kappa shape index (κ1) is 31.2. The Labute approximate surface area is 265 Å². The van der Waals surface area contributed by atoms with E-state index >= 15 is 0 Å². The van der Waals surface area contributed by atoms with Crippen molar-refractivity contribution in [3.05, 3.63) is 87.5 Å². The molecule has 1 atom stereocenters. The Bertz CT molecular complexity index is 1560. The van der Waals surface area contributed by atoms with Crippen LogP contribution in [-0.2, 0) is 16.0 Å². The number of carbonyl (C=O) groups is 1. The lowest BCUT2D eigenvalue weighted by Crippen LogP contribution is -2.57. The quantitative estimate of drug-likeness (QED) is 0.353. The molecule has 0 bridgehead atoms. The summed E-state index contributed by atoms with van der Waals surface area (Å²) in [5.41, 5.74) is 4.33. The van der Waals surface area contributed by atoms with E-state index in [4.69, 9.17) is 4.74 Å². The number of carbonyl (C=O) groups excluding carboxylic acids is 1. The molecular formula is C36H47N5O4. The molecule has 6 rings (SSSR count). The molecule has 240 valence electrons. The molecular weight excluding hydrogens is 566 g/mol. The van der Waals surface area contributed by atoms with Gasteiger partial charge in [0.05, 0.1) is 5.82 Å². The summed E-state index contributed by atoms with van der Waals surface area (Å²) in [5, 5.41) is 14.9. The molecule has 1 amide bonds. The van der Waals surface area contributed by atoms with Crippen LogP contribution in [0, 0.1) is 13.8 Å². The second kappa shape index (κ2) is 13.7. The number of nitrogens with zero attached hydrogens (tertiary/aromatic N) is 3. The maximum Gasteiger partial charge on any atom is 0.251 e. The summed E-state index contributed by atoms with van der Waals surface area (Å²) >= 11 is 0. The number of fused-ring (bicyclic) bond motifs is 1. The zero-order valence-electron chi connectivity index (χ0n) is 26.7. The third kappa shape index (κ3) is 7.05. The summed E-state index contributed by atoms with van der Waals surface area (Å²) in [6.45, 7) is 14.5. The van der Waals surface area contributed by atoms with Crippen molar-refractivity contribution < 1.29 is 14.6 Å². The van der Waals surface area contributed by atoms with Gasteiger partial charge >= 0.3 is 0 Å². The van der Waals surface area contributed by atoms with Gasteiger partial charge in [-0.05, 0) is 79.7 Å². The smallest absolute Gasteiger partial charge is 0.251 e. The lowest BCUT2D eigenvalue weighted by atomic mass is 9.89. The number of hydrogen-bond donors (Lipinski definition) is 3. The molecule has 3 aliphatic heterocycles. The molecule has 0 saturated carbocycles.